The third-order valence-corrected chi connectivity index (χ3v) is 9.17. The Hall–Kier alpha value is -5.35. The lowest BCUT2D eigenvalue weighted by atomic mass is 9.84. The Morgan fingerprint density at radius 1 is 0.955 bits per heavy atom. The highest BCUT2D eigenvalue weighted by Crippen LogP contribution is 2.55. The maximum absolute atomic E-state index is 15.0. The number of amides is 2. The van der Waals surface area contributed by atoms with Crippen molar-refractivity contribution in [3.05, 3.63) is 129 Å². The van der Waals surface area contributed by atoms with Crippen molar-refractivity contribution in [2.45, 2.75) is 19.0 Å². The summed E-state index contributed by atoms with van der Waals surface area (Å²) in [6.45, 7) is 2.25. The average Bonchev–Trinajstić information content (AvgIpc) is 3.64. The van der Waals surface area contributed by atoms with Crippen molar-refractivity contribution in [2.24, 2.45) is 0 Å². The van der Waals surface area contributed by atoms with E-state index in [1.54, 1.807) is 78.9 Å². The molecule has 8 nitrogen and oxygen atoms in total. The van der Waals surface area contributed by atoms with E-state index in [1.165, 1.54) is 27.2 Å². The summed E-state index contributed by atoms with van der Waals surface area (Å²) in [5, 5.41) is 0.452. The summed E-state index contributed by atoms with van der Waals surface area (Å²) < 4.78 is 27.4. The van der Waals surface area contributed by atoms with Gasteiger partial charge in [0.05, 0.1) is 40.0 Å². The number of carbonyl (C=O) groups excluding carboxylic acids is 2. The molecule has 10 heteroatoms. The summed E-state index contributed by atoms with van der Waals surface area (Å²) in [7, 11) is 0. The average molecular weight is 604 g/mol. The first kappa shape index (κ1) is 26.3. The van der Waals surface area contributed by atoms with Crippen molar-refractivity contribution in [1.82, 2.24) is 4.98 Å². The molecule has 0 fully saturated rings. The van der Waals surface area contributed by atoms with Crippen LogP contribution in [0.2, 0.25) is 0 Å². The van der Waals surface area contributed by atoms with Crippen molar-refractivity contribution in [3.63, 3.8) is 0 Å². The van der Waals surface area contributed by atoms with Crippen molar-refractivity contribution < 1.29 is 23.1 Å². The highest BCUT2D eigenvalue weighted by molar-refractivity contribution is 7.22. The molecule has 0 saturated carbocycles. The number of rotatable bonds is 5. The van der Waals surface area contributed by atoms with E-state index < -0.39 is 28.6 Å². The van der Waals surface area contributed by atoms with E-state index in [9.17, 15) is 14.0 Å². The molecule has 216 valence electrons. The van der Waals surface area contributed by atoms with E-state index in [0.717, 1.165) is 4.70 Å². The van der Waals surface area contributed by atoms with Crippen LogP contribution in [-0.4, -0.2) is 23.4 Å². The van der Waals surface area contributed by atoms with E-state index in [1.807, 2.05) is 13.0 Å². The van der Waals surface area contributed by atoms with E-state index >= 15 is 4.79 Å². The first-order valence-electron chi connectivity index (χ1n) is 14.0. The minimum atomic E-state index is -1.94. The summed E-state index contributed by atoms with van der Waals surface area (Å²) in [5.41, 5.74) is -0.526. The summed E-state index contributed by atoms with van der Waals surface area (Å²) >= 11 is 1.20. The molecule has 2 amide bonds. The number of carbonyl (C=O) groups is 2. The second-order valence-corrected chi connectivity index (χ2v) is 11.6. The number of hydrogen-bond acceptors (Lipinski definition) is 7. The van der Waals surface area contributed by atoms with Crippen LogP contribution in [0.3, 0.4) is 0 Å². The van der Waals surface area contributed by atoms with Crippen LogP contribution in [0.5, 0.6) is 5.75 Å². The lowest BCUT2D eigenvalue weighted by molar-refractivity contribution is -0.121. The Bertz CT molecular complexity index is 2240. The number of ether oxygens (including phenoxy) is 1. The number of para-hydroxylation sites is 2. The van der Waals surface area contributed by atoms with Gasteiger partial charge in [0.1, 0.15) is 17.1 Å². The third kappa shape index (κ3) is 3.48. The van der Waals surface area contributed by atoms with Gasteiger partial charge in [0.2, 0.25) is 5.76 Å². The lowest BCUT2D eigenvalue weighted by Crippen LogP contribution is -2.53. The molecule has 4 aromatic carbocycles. The first-order chi connectivity index (χ1) is 21.4. The van der Waals surface area contributed by atoms with Crippen LogP contribution < -0.4 is 20.0 Å². The molecule has 0 saturated heterocycles. The molecule has 2 aliphatic rings. The van der Waals surface area contributed by atoms with Crippen LogP contribution in [0, 0.1) is 5.82 Å². The molecule has 0 aliphatic carbocycles. The lowest BCUT2D eigenvalue weighted by Gasteiger charge is -2.32. The van der Waals surface area contributed by atoms with Crippen molar-refractivity contribution in [3.8, 4) is 5.75 Å². The zero-order valence-electron chi connectivity index (χ0n) is 23.2. The Balaban J connectivity index is 1.43. The zero-order valence-corrected chi connectivity index (χ0v) is 24.1. The van der Waals surface area contributed by atoms with Gasteiger partial charge in [0.25, 0.3) is 11.8 Å². The van der Waals surface area contributed by atoms with Gasteiger partial charge in [-0.2, -0.15) is 0 Å². The molecule has 2 aromatic heterocycles. The molecule has 0 radical (unpaired) electrons. The summed E-state index contributed by atoms with van der Waals surface area (Å²) in [6, 6.07) is 25.2. The van der Waals surface area contributed by atoms with Gasteiger partial charge in [0.15, 0.2) is 16.1 Å². The second kappa shape index (κ2) is 9.58. The number of aromatic nitrogens is 1. The predicted molar refractivity (Wildman–Crippen MR) is 165 cm³/mol. The SMILES string of the molecule is CCOc1ccc2nc(N3C(=O)c4oc5ccccc5c(=O)c4C34C(=O)N(Cc3ccccc3F)c3ccccc34)sc2c1. The van der Waals surface area contributed by atoms with Crippen LogP contribution in [0.25, 0.3) is 21.2 Å². The number of hydrogen-bond donors (Lipinski definition) is 0. The highest BCUT2D eigenvalue weighted by atomic mass is 32.1. The smallest absolute Gasteiger partial charge is 0.297 e. The molecule has 2 aliphatic heterocycles. The summed E-state index contributed by atoms with van der Waals surface area (Å²) in [4.78, 5) is 51.4. The largest absolute Gasteiger partial charge is 0.494 e. The summed E-state index contributed by atoms with van der Waals surface area (Å²) in [5.74, 6) is -1.30. The monoisotopic (exact) mass is 603 g/mol. The Labute approximate surface area is 253 Å². The maximum Gasteiger partial charge on any atom is 0.297 e. The number of benzene rings is 4. The van der Waals surface area contributed by atoms with Gasteiger partial charge in [0, 0.05) is 11.1 Å². The Morgan fingerprint density at radius 3 is 2.57 bits per heavy atom. The van der Waals surface area contributed by atoms with Gasteiger partial charge >= 0.3 is 0 Å². The fourth-order valence-corrected chi connectivity index (χ4v) is 7.35. The fourth-order valence-electron chi connectivity index (χ4n) is 6.31. The fraction of sp³-hybridized carbons (Fsp3) is 0.118. The molecule has 1 spiro atoms. The number of anilines is 2. The molecule has 44 heavy (non-hydrogen) atoms. The highest BCUT2D eigenvalue weighted by Gasteiger charge is 2.66. The van der Waals surface area contributed by atoms with E-state index in [0.29, 0.717) is 29.1 Å². The minimum absolute atomic E-state index is 0.0797. The van der Waals surface area contributed by atoms with Gasteiger partial charge < -0.3 is 14.1 Å². The predicted octanol–water partition coefficient (Wildman–Crippen LogP) is 6.39. The van der Waals surface area contributed by atoms with Gasteiger partial charge in [-0.25, -0.2) is 9.37 Å². The molecular weight excluding hydrogens is 581 g/mol. The van der Waals surface area contributed by atoms with Crippen LogP contribution in [0.15, 0.2) is 100 Å². The molecule has 1 unspecified atom stereocenters. The normalized spacial score (nSPS) is 17.2. The molecule has 6 aromatic rings. The van der Waals surface area contributed by atoms with Crippen molar-refractivity contribution in [1.29, 1.82) is 0 Å². The quantitative estimate of drug-likeness (QED) is 0.227. The van der Waals surface area contributed by atoms with E-state index in [-0.39, 0.29) is 39.5 Å². The molecule has 1 atom stereocenters. The third-order valence-electron chi connectivity index (χ3n) is 8.17. The molecular formula is C34H22FN3O5S. The van der Waals surface area contributed by atoms with Gasteiger partial charge in [-0.15, -0.1) is 0 Å². The van der Waals surface area contributed by atoms with Gasteiger partial charge in [-0.05, 0) is 49.4 Å². The molecule has 8 rings (SSSR count). The molecule has 0 bridgehead atoms. The standard InChI is InChI=1S/C34H22FN3O5S/c1-2-42-20-15-16-24-27(17-20)44-33(36-24)38-31(40)30-28(29(39)21-10-4-8-14-26(21)43-30)34(38)22-11-5-7-13-25(22)37(32(34)41)18-19-9-3-6-12-23(19)35/h3-17H,2,18H2,1H3. The topological polar surface area (TPSA) is 93.0 Å². The van der Waals surface area contributed by atoms with Crippen molar-refractivity contribution >= 4 is 55.2 Å². The molecule has 0 N–H and O–H groups in total. The van der Waals surface area contributed by atoms with Crippen LogP contribution in [0.1, 0.15) is 34.2 Å². The van der Waals surface area contributed by atoms with Gasteiger partial charge in [-0.1, -0.05) is 59.9 Å². The maximum atomic E-state index is 15.0. The molecule has 4 heterocycles. The number of fused-ring (bicyclic) bond motifs is 6. The number of nitrogens with zero attached hydrogens (tertiary/aromatic N) is 3. The van der Waals surface area contributed by atoms with Crippen LogP contribution >= 0.6 is 11.3 Å². The Morgan fingerprint density at radius 2 is 1.73 bits per heavy atom. The van der Waals surface area contributed by atoms with Crippen LogP contribution in [-0.2, 0) is 16.9 Å². The number of thiazole rings is 1. The van der Waals surface area contributed by atoms with E-state index in [4.69, 9.17) is 14.1 Å². The number of halogens is 1. The van der Waals surface area contributed by atoms with Crippen LogP contribution in [0.4, 0.5) is 15.2 Å². The first-order valence-corrected chi connectivity index (χ1v) is 14.8. The summed E-state index contributed by atoms with van der Waals surface area (Å²) in [6.07, 6.45) is 0. The van der Waals surface area contributed by atoms with Gasteiger partial charge in [-0.3, -0.25) is 19.3 Å². The minimum Gasteiger partial charge on any atom is -0.494 e. The van der Waals surface area contributed by atoms with E-state index in [2.05, 4.69) is 0 Å². The van der Waals surface area contributed by atoms with Crippen molar-refractivity contribution in [2.75, 3.05) is 16.4 Å². The Kier molecular flexibility index (Phi) is 5.73. The second-order valence-electron chi connectivity index (χ2n) is 10.5. The zero-order chi connectivity index (χ0) is 30.2.